The van der Waals surface area contributed by atoms with Gasteiger partial charge in [-0.05, 0) is 42.5 Å². The van der Waals surface area contributed by atoms with Crippen LogP contribution in [0.25, 0.3) is 5.82 Å². The maximum atomic E-state index is 12.3. The Kier molecular flexibility index (Phi) is 4.29. The summed E-state index contributed by atoms with van der Waals surface area (Å²) in [5.74, 6) is 0.253. The fourth-order valence-corrected chi connectivity index (χ4v) is 2.53. The Morgan fingerprint density at radius 1 is 1.13 bits per heavy atom. The van der Waals surface area contributed by atoms with E-state index in [4.69, 9.17) is 0 Å². The predicted molar refractivity (Wildman–Crippen MR) is 88.1 cm³/mol. The van der Waals surface area contributed by atoms with Crippen LogP contribution in [0.1, 0.15) is 10.5 Å². The van der Waals surface area contributed by atoms with Crippen LogP contribution in [0.15, 0.2) is 65.8 Å². The van der Waals surface area contributed by atoms with Crippen molar-refractivity contribution in [1.29, 1.82) is 0 Å². The molecule has 0 aliphatic carbocycles. The van der Waals surface area contributed by atoms with Crippen molar-refractivity contribution in [2.24, 2.45) is 0 Å². The summed E-state index contributed by atoms with van der Waals surface area (Å²) in [6, 6.07) is 13.8. The van der Waals surface area contributed by atoms with E-state index >= 15 is 0 Å². The molecule has 3 rings (SSSR count). The van der Waals surface area contributed by atoms with Gasteiger partial charge in [0.15, 0.2) is 5.82 Å². The van der Waals surface area contributed by atoms with E-state index in [1.807, 2.05) is 0 Å². The molecule has 23 heavy (non-hydrogen) atoms. The van der Waals surface area contributed by atoms with Crippen LogP contribution in [0, 0.1) is 0 Å². The van der Waals surface area contributed by atoms with Crippen molar-refractivity contribution in [3.63, 3.8) is 0 Å². The molecule has 0 aliphatic rings. The summed E-state index contributed by atoms with van der Waals surface area (Å²) in [5, 5.41) is 6.86. The van der Waals surface area contributed by atoms with Crippen molar-refractivity contribution in [1.82, 2.24) is 14.8 Å². The lowest BCUT2D eigenvalue weighted by Crippen LogP contribution is -2.14. The fourth-order valence-electron chi connectivity index (χ4n) is 2.01. The van der Waals surface area contributed by atoms with E-state index in [0.29, 0.717) is 22.1 Å². The Bertz CT molecular complexity index is 845. The highest BCUT2D eigenvalue weighted by atomic mass is 32.2. The number of nitrogens with zero attached hydrogens (tertiary/aromatic N) is 3. The molecule has 1 amide bonds. The van der Waals surface area contributed by atoms with Gasteiger partial charge in [-0.25, -0.2) is 9.67 Å². The molecule has 7 heteroatoms. The van der Waals surface area contributed by atoms with Crippen molar-refractivity contribution < 1.29 is 9.00 Å². The summed E-state index contributed by atoms with van der Waals surface area (Å²) < 4.78 is 12.9. The number of anilines is 1. The second-order valence-electron chi connectivity index (χ2n) is 4.76. The SMILES string of the molecule is CS(=O)c1ccc(NC(=O)c2cccc(-n3cccn3)n2)cc1. The highest BCUT2D eigenvalue weighted by Crippen LogP contribution is 2.13. The first kappa shape index (κ1) is 15.1. The summed E-state index contributed by atoms with van der Waals surface area (Å²) in [5.41, 5.74) is 0.914. The highest BCUT2D eigenvalue weighted by Gasteiger charge is 2.09. The van der Waals surface area contributed by atoms with Gasteiger partial charge in [-0.15, -0.1) is 0 Å². The molecule has 1 atom stereocenters. The van der Waals surface area contributed by atoms with Gasteiger partial charge in [0.05, 0.1) is 0 Å². The first-order chi connectivity index (χ1) is 11.1. The third-order valence-corrected chi connectivity index (χ3v) is 4.09. The minimum absolute atomic E-state index is 0.293. The topological polar surface area (TPSA) is 76.9 Å². The van der Waals surface area contributed by atoms with Gasteiger partial charge in [0.25, 0.3) is 5.91 Å². The molecular weight excluding hydrogens is 312 g/mol. The number of aromatic nitrogens is 3. The van der Waals surface area contributed by atoms with Crippen molar-refractivity contribution in [2.45, 2.75) is 4.90 Å². The van der Waals surface area contributed by atoms with E-state index in [1.165, 1.54) is 0 Å². The summed E-state index contributed by atoms with van der Waals surface area (Å²) in [4.78, 5) is 17.3. The number of benzene rings is 1. The Balaban J connectivity index is 1.78. The van der Waals surface area contributed by atoms with E-state index in [9.17, 15) is 9.00 Å². The van der Waals surface area contributed by atoms with Crippen molar-refractivity contribution in [3.8, 4) is 5.82 Å². The molecule has 0 fully saturated rings. The smallest absolute Gasteiger partial charge is 0.274 e. The zero-order chi connectivity index (χ0) is 16.2. The van der Waals surface area contributed by atoms with Gasteiger partial charge >= 0.3 is 0 Å². The molecule has 0 saturated heterocycles. The van der Waals surface area contributed by atoms with Gasteiger partial charge in [-0.1, -0.05) is 6.07 Å². The molecule has 0 aliphatic heterocycles. The van der Waals surface area contributed by atoms with E-state index < -0.39 is 10.8 Å². The molecule has 0 spiro atoms. The largest absolute Gasteiger partial charge is 0.321 e. The molecule has 2 aromatic heterocycles. The molecule has 1 aromatic carbocycles. The molecule has 2 heterocycles. The Labute approximate surface area is 135 Å². The zero-order valence-corrected chi connectivity index (χ0v) is 13.2. The predicted octanol–water partition coefficient (Wildman–Crippen LogP) is 2.26. The number of hydrogen-bond acceptors (Lipinski definition) is 4. The molecule has 6 nitrogen and oxygen atoms in total. The number of amides is 1. The van der Waals surface area contributed by atoms with Gasteiger partial charge in [0, 0.05) is 40.0 Å². The van der Waals surface area contributed by atoms with Gasteiger partial charge in [0.2, 0.25) is 0 Å². The van der Waals surface area contributed by atoms with Crippen LogP contribution in [0.5, 0.6) is 0 Å². The molecule has 116 valence electrons. The van der Waals surface area contributed by atoms with Crippen LogP contribution >= 0.6 is 0 Å². The van der Waals surface area contributed by atoms with Gasteiger partial charge in [-0.2, -0.15) is 5.10 Å². The van der Waals surface area contributed by atoms with Gasteiger partial charge in [-0.3, -0.25) is 9.00 Å². The zero-order valence-electron chi connectivity index (χ0n) is 12.3. The Morgan fingerprint density at radius 2 is 1.91 bits per heavy atom. The minimum atomic E-state index is -1.04. The Hall–Kier alpha value is -2.80. The van der Waals surface area contributed by atoms with E-state index in [1.54, 1.807) is 71.9 Å². The maximum Gasteiger partial charge on any atom is 0.274 e. The lowest BCUT2D eigenvalue weighted by molar-refractivity contribution is 0.102. The average molecular weight is 326 g/mol. The van der Waals surface area contributed by atoms with E-state index in [0.717, 1.165) is 0 Å². The Morgan fingerprint density at radius 3 is 2.57 bits per heavy atom. The number of carbonyl (C=O) groups excluding carboxylic acids is 1. The standard InChI is InChI=1S/C16H14N4O2S/c1-23(22)13-8-6-12(7-9-13)18-16(21)14-4-2-5-15(19-14)20-11-3-10-17-20/h2-11H,1H3,(H,18,21). The number of nitrogens with one attached hydrogen (secondary N) is 1. The molecule has 1 unspecified atom stereocenters. The third-order valence-electron chi connectivity index (χ3n) is 3.15. The quantitative estimate of drug-likeness (QED) is 0.798. The molecular formula is C16H14N4O2S. The minimum Gasteiger partial charge on any atom is -0.321 e. The molecule has 0 saturated carbocycles. The summed E-state index contributed by atoms with van der Waals surface area (Å²) >= 11 is 0. The fraction of sp³-hybridized carbons (Fsp3) is 0.0625. The van der Waals surface area contributed by atoms with Crippen molar-refractivity contribution >= 4 is 22.4 Å². The summed E-state index contributed by atoms with van der Waals surface area (Å²) in [7, 11) is -1.04. The second kappa shape index (κ2) is 6.53. The average Bonchev–Trinajstić information content (AvgIpc) is 3.10. The molecule has 1 N–H and O–H groups in total. The van der Waals surface area contributed by atoms with Crippen LogP contribution in [0.2, 0.25) is 0 Å². The van der Waals surface area contributed by atoms with Gasteiger partial charge in [0.1, 0.15) is 5.69 Å². The van der Waals surface area contributed by atoms with Crippen molar-refractivity contribution in [3.05, 3.63) is 66.6 Å². The number of rotatable bonds is 4. The molecule has 0 bridgehead atoms. The van der Waals surface area contributed by atoms with Crippen molar-refractivity contribution in [2.75, 3.05) is 11.6 Å². The maximum absolute atomic E-state index is 12.3. The monoisotopic (exact) mass is 326 g/mol. The van der Waals surface area contributed by atoms with Gasteiger partial charge < -0.3 is 5.32 Å². The normalized spacial score (nSPS) is 11.9. The highest BCUT2D eigenvalue weighted by molar-refractivity contribution is 7.84. The first-order valence-electron chi connectivity index (χ1n) is 6.85. The van der Waals surface area contributed by atoms with Crippen LogP contribution in [0.3, 0.4) is 0 Å². The number of hydrogen-bond donors (Lipinski definition) is 1. The summed E-state index contributed by atoms with van der Waals surface area (Å²) in [6.45, 7) is 0. The van der Waals surface area contributed by atoms with Crippen LogP contribution in [-0.4, -0.2) is 31.1 Å². The van der Waals surface area contributed by atoms with Crippen LogP contribution in [-0.2, 0) is 10.8 Å². The summed E-state index contributed by atoms with van der Waals surface area (Å²) in [6.07, 6.45) is 5.01. The third kappa shape index (κ3) is 3.51. The van der Waals surface area contributed by atoms with E-state index in [2.05, 4.69) is 15.4 Å². The number of carbonyl (C=O) groups is 1. The van der Waals surface area contributed by atoms with Crippen LogP contribution < -0.4 is 5.32 Å². The number of pyridine rings is 1. The molecule has 3 aromatic rings. The lowest BCUT2D eigenvalue weighted by Gasteiger charge is -2.07. The molecule has 0 radical (unpaired) electrons. The lowest BCUT2D eigenvalue weighted by atomic mass is 10.3. The first-order valence-corrected chi connectivity index (χ1v) is 8.41. The second-order valence-corrected chi connectivity index (χ2v) is 6.14. The van der Waals surface area contributed by atoms with E-state index in [-0.39, 0.29) is 5.91 Å². The van der Waals surface area contributed by atoms with Crippen LogP contribution in [0.4, 0.5) is 5.69 Å².